The molecule has 0 unspecified atom stereocenters. The molecular weight excluding hydrogens is 244 g/mol. The van der Waals surface area contributed by atoms with Crippen LogP contribution in [0.15, 0.2) is 42.5 Å². The molecule has 5 heteroatoms. The fourth-order valence-electron chi connectivity index (χ4n) is 1.82. The fraction of sp³-hybridized carbons (Fsp3) is 0.143. The summed E-state index contributed by atoms with van der Waals surface area (Å²) in [5, 5.41) is 13.3. The SMILES string of the molecule is CN(CC(=O)O)C(=O)Nc1cccc2ccccc12. The molecule has 2 rings (SSSR count). The molecule has 0 aliphatic heterocycles. The first-order chi connectivity index (χ1) is 9.08. The van der Waals surface area contributed by atoms with Gasteiger partial charge >= 0.3 is 12.0 Å². The Bertz CT molecular complexity index is 620. The molecule has 2 amide bonds. The zero-order valence-corrected chi connectivity index (χ0v) is 10.5. The third-order valence-electron chi connectivity index (χ3n) is 2.75. The van der Waals surface area contributed by atoms with Crippen LogP contribution in [0, 0.1) is 0 Å². The zero-order valence-electron chi connectivity index (χ0n) is 10.5. The minimum Gasteiger partial charge on any atom is -0.480 e. The van der Waals surface area contributed by atoms with Gasteiger partial charge in [-0.3, -0.25) is 4.79 Å². The van der Waals surface area contributed by atoms with Crippen molar-refractivity contribution in [2.75, 3.05) is 18.9 Å². The molecule has 0 aromatic heterocycles. The number of benzene rings is 2. The van der Waals surface area contributed by atoms with Crippen LogP contribution in [0.25, 0.3) is 10.8 Å². The molecule has 0 bridgehead atoms. The third kappa shape index (κ3) is 3.01. The number of carbonyl (C=O) groups excluding carboxylic acids is 1. The molecule has 0 heterocycles. The highest BCUT2D eigenvalue weighted by molar-refractivity contribution is 6.01. The number of rotatable bonds is 3. The minimum absolute atomic E-state index is 0.337. The summed E-state index contributed by atoms with van der Waals surface area (Å²) in [6.45, 7) is -0.337. The fourth-order valence-corrected chi connectivity index (χ4v) is 1.82. The predicted molar refractivity (Wildman–Crippen MR) is 73.2 cm³/mol. The quantitative estimate of drug-likeness (QED) is 0.888. The number of likely N-dealkylation sites (N-methyl/N-ethyl adjacent to an activating group) is 1. The predicted octanol–water partition coefficient (Wildman–Crippen LogP) is 2.39. The first-order valence-electron chi connectivity index (χ1n) is 5.79. The van der Waals surface area contributed by atoms with Crippen LogP contribution in [-0.2, 0) is 4.79 Å². The van der Waals surface area contributed by atoms with Gasteiger partial charge < -0.3 is 15.3 Å². The van der Waals surface area contributed by atoms with Crippen LogP contribution < -0.4 is 5.32 Å². The van der Waals surface area contributed by atoms with E-state index in [2.05, 4.69) is 5.32 Å². The van der Waals surface area contributed by atoms with E-state index in [0.717, 1.165) is 15.7 Å². The maximum absolute atomic E-state index is 11.8. The monoisotopic (exact) mass is 258 g/mol. The molecule has 19 heavy (non-hydrogen) atoms. The number of carboxylic acids is 1. The van der Waals surface area contributed by atoms with Gasteiger partial charge in [0.25, 0.3) is 0 Å². The normalized spacial score (nSPS) is 10.2. The van der Waals surface area contributed by atoms with Gasteiger partial charge in [0.2, 0.25) is 0 Å². The van der Waals surface area contributed by atoms with Gasteiger partial charge in [-0.1, -0.05) is 36.4 Å². The van der Waals surface area contributed by atoms with E-state index < -0.39 is 12.0 Å². The van der Waals surface area contributed by atoms with E-state index in [1.807, 2.05) is 36.4 Å². The van der Waals surface area contributed by atoms with Gasteiger partial charge in [-0.25, -0.2) is 4.79 Å². The van der Waals surface area contributed by atoms with Crippen molar-refractivity contribution < 1.29 is 14.7 Å². The van der Waals surface area contributed by atoms with Gasteiger partial charge in [0.15, 0.2) is 0 Å². The molecule has 0 atom stereocenters. The van der Waals surface area contributed by atoms with Crippen LogP contribution in [0.5, 0.6) is 0 Å². The molecule has 5 nitrogen and oxygen atoms in total. The topological polar surface area (TPSA) is 69.6 Å². The number of aliphatic carboxylic acids is 1. The number of carbonyl (C=O) groups is 2. The van der Waals surface area contributed by atoms with Crippen molar-refractivity contribution in [2.45, 2.75) is 0 Å². The van der Waals surface area contributed by atoms with Gasteiger partial charge in [-0.15, -0.1) is 0 Å². The molecule has 0 saturated carbocycles. The number of hydrogen-bond donors (Lipinski definition) is 2. The Morgan fingerprint density at radius 1 is 1.16 bits per heavy atom. The van der Waals surface area contributed by atoms with Crippen molar-refractivity contribution in [1.82, 2.24) is 4.90 Å². The van der Waals surface area contributed by atoms with Crippen LogP contribution in [0.4, 0.5) is 10.5 Å². The Morgan fingerprint density at radius 2 is 1.84 bits per heavy atom. The van der Waals surface area contributed by atoms with Crippen molar-refractivity contribution in [3.05, 3.63) is 42.5 Å². The molecule has 2 aromatic rings. The van der Waals surface area contributed by atoms with E-state index in [-0.39, 0.29) is 6.54 Å². The molecule has 0 aliphatic rings. The first kappa shape index (κ1) is 12.9. The largest absolute Gasteiger partial charge is 0.480 e. The molecular formula is C14H14N2O3. The van der Waals surface area contributed by atoms with Crippen LogP contribution in [0.1, 0.15) is 0 Å². The van der Waals surface area contributed by atoms with E-state index in [9.17, 15) is 9.59 Å². The van der Waals surface area contributed by atoms with Crippen molar-refractivity contribution in [3.63, 3.8) is 0 Å². The Morgan fingerprint density at radius 3 is 2.58 bits per heavy atom. The molecule has 0 radical (unpaired) electrons. The van der Waals surface area contributed by atoms with Gasteiger partial charge in [-0.05, 0) is 11.5 Å². The van der Waals surface area contributed by atoms with Crippen LogP contribution in [0.2, 0.25) is 0 Å². The number of fused-ring (bicyclic) bond motifs is 1. The number of anilines is 1. The lowest BCUT2D eigenvalue weighted by Crippen LogP contribution is -2.35. The van der Waals surface area contributed by atoms with Crippen molar-refractivity contribution in [3.8, 4) is 0 Å². The van der Waals surface area contributed by atoms with Gasteiger partial charge in [0.1, 0.15) is 6.54 Å². The number of amides is 2. The zero-order chi connectivity index (χ0) is 13.8. The Kier molecular flexibility index (Phi) is 3.66. The smallest absolute Gasteiger partial charge is 0.323 e. The average Bonchev–Trinajstić information content (AvgIpc) is 2.38. The van der Waals surface area contributed by atoms with Crippen LogP contribution in [0.3, 0.4) is 0 Å². The highest BCUT2D eigenvalue weighted by atomic mass is 16.4. The first-order valence-corrected chi connectivity index (χ1v) is 5.79. The summed E-state index contributed by atoms with van der Waals surface area (Å²) in [6, 6.07) is 12.8. The molecule has 0 aliphatic carbocycles. The van der Waals surface area contributed by atoms with Gasteiger partial charge in [-0.2, -0.15) is 0 Å². The number of carboxylic acid groups (broad SMARTS) is 1. The highest BCUT2D eigenvalue weighted by Gasteiger charge is 2.12. The van der Waals surface area contributed by atoms with E-state index >= 15 is 0 Å². The van der Waals surface area contributed by atoms with E-state index in [1.54, 1.807) is 6.07 Å². The molecule has 98 valence electrons. The Hall–Kier alpha value is -2.56. The lowest BCUT2D eigenvalue weighted by molar-refractivity contribution is -0.137. The summed E-state index contributed by atoms with van der Waals surface area (Å²) in [4.78, 5) is 23.5. The number of urea groups is 1. The molecule has 2 N–H and O–H groups in total. The maximum Gasteiger partial charge on any atom is 0.323 e. The summed E-state index contributed by atoms with van der Waals surface area (Å²) in [5.74, 6) is -1.05. The van der Waals surface area contributed by atoms with Crippen molar-refractivity contribution >= 4 is 28.5 Å². The lowest BCUT2D eigenvalue weighted by Gasteiger charge is -2.16. The van der Waals surface area contributed by atoms with E-state index in [1.165, 1.54) is 7.05 Å². The summed E-state index contributed by atoms with van der Waals surface area (Å²) in [5.41, 5.74) is 0.667. The number of nitrogens with zero attached hydrogens (tertiary/aromatic N) is 1. The summed E-state index contributed by atoms with van der Waals surface area (Å²) in [7, 11) is 1.44. The number of nitrogens with one attached hydrogen (secondary N) is 1. The summed E-state index contributed by atoms with van der Waals surface area (Å²) in [6.07, 6.45) is 0. The second-order valence-corrected chi connectivity index (χ2v) is 4.21. The second-order valence-electron chi connectivity index (χ2n) is 4.21. The van der Waals surface area contributed by atoms with Crippen LogP contribution in [-0.4, -0.2) is 35.6 Å². The highest BCUT2D eigenvalue weighted by Crippen LogP contribution is 2.23. The summed E-state index contributed by atoms with van der Waals surface area (Å²) >= 11 is 0. The number of hydrogen-bond acceptors (Lipinski definition) is 2. The Labute approximate surface area is 110 Å². The Balaban J connectivity index is 2.22. The van der Waals surface area contributed by atoms with Crippen molar-refractivity contribution in [2.24, 2.45) is 0 Å². The van der Waals surface area contributed by atoms with Gasteiger partial charge in [0.05, 0.1) is 5.69 Å². The minimum atomic E-state index is -1.05. The molecule has 0 spiro atoms. The standard InChI is InChI=1S/C14H14N2O3/c1-16(9-13(17)18)14(19)15-12-8-4-6-10-5-2-3-7-11(10)12/h2-8H,9H2,1H3,(H,15,19)(H,17,18). The molecule has 0 saturated heterocycles. The van der Waals surface area contributed by atoms with Crippen LogP contribution >= 0.6 is 0 Å². The lowest BCUT2D eigenvalue weighted by atomic mass is 10.1. The van der Waals surface area contributed by atoms with E-state index in [0.29, 0.717) is 5.69 Å². The molecule has 2 aromatic carbocycles. The maximum atomic E-state index is 11.8. The summed E-state index contributed by atoms with van der Waals surface area (Å²) < 4.78 is 0. The van der Waals surface area contributed by atoms with E-state index in [4.69, 9.17) is 5.11 Å². The van der Waals surface area contributed by atoms with Gasteiger partial charge in [0, 0.05) is 12.4 Å². The second kappa shape index (κ2) is 5.39. The third-order valence-corrected chi connectivity index (χ3v) is 2.75. The average molecular weight is 258 g/mol. The molecule has 0 fully saturated rings. The van der Waals surface area contributed by atoms with Crippen molar-refractivity contribution in [1.29, 1.82) is 0 Å².